The summed E-state index contributed by atoms with van der Waals surface area (Å²) in [6.45, 7) is 9.91. The molecule has 1 aromatic heterocycles. The van der Waals surface area contributed by atoms with Crippen LogP contribution in [0.15, 0.2) is 5.16 Å². The minimum absolute atomic E-state index is 0.0911. The zero-order valence-corrected chi connectivity index (χ0v) is 12.3. The Morgan fingerprint density at radius 2 is 1.83 bits per heavy atom. The second kappa shape index (κ2) is 6.08. The molecule has 3 N–H and O–H groups in total. The third-order valence-corrected chi connectivity index (χ3v) is 3.43. The van der Waals surface area contributed by atoms with Crippen molar-refractivity contribution in [2.24, 2.45) is 0 Å². The predicted octanol–water partition coefficient (Wildman–Crippen LogP) is 1.51. The summed E-state index contributed by atoms with van der Waals surface area (Å²) in [6.07, 6.45) is 0. The smallest absolute Gasteiger partial charge is 0.236 e. The Hall–Kier alpha value is -1.24. The summed E-state index contributed by atoms with van der Waals surface area (Å²) in [5.41, 5.74) is 5.45. The van der Waals surface area contributed by atoms with E-state index >= 15 is 0 Å². The number of thioether (sulfide) groups is 1. The van der Waals surface area contributed by atoms with E-state index < -0.39 is 0 Å². The standard InChI is InChI=1S/C11H21N5OS/c1-6(2)16(7(3)4)9(17)8(5)18-11-13-10(12)14-15-11/h6-8H,1-5H3,(H3,12,13,14,15)/t8-/m1/s1. The Morgan fingerprint density at radius 3 is 2.22 bits per heavy atom. The van der Waals surface area contributed by atoms with E-state index in [1.165, 1.54) is 11.8 Å². The molecule has 1 atom stereocenters. The van der Waals surface area contributed by atoms with Crippen molar-refractivity contribution in [2.75, 3.05) is 5.73 Å². The molecule has 18 heavy (non-hydrogen) atoms. The number of amides is 1. The Bertz CT molecular complexity index is 396. The van der Waals surface area contributed by atoms with E-state index in [0.29, 0.717) is 5.16 Å². The van der Waals surface area contributed by atoms with Gasteiger partial charge in [-0.1, -0.05) is 11.8 Å². The number of anilines is 1. The zero-order valence-electron chi connectivity index (χ0n) is 11.5. The Kier molecular flexibility index (Phi) is 5.01. The summed E-state index contributed by atoms with van der Waals surface area (Å²) in [7, 11) is 0. The van der Waals surface area contributed by atoms with Gasteiger partial charge in [0.15, 0.2) is 0 Å². The van der Waals surface area contributed by atoms with Gasteiger partial charge in [-0.25, -0.2) is 5.10 Å². The molecule has 0 spiro atoms. The summed E-state index contributed by atoms with van der Waals surface area (Å²) >= 11 is 1.31. The van der Waals surface area contributed by atoms with Gasteiger partial charge in [0.1, 0.15) is 0 Å². The Balaban J connectivity index is 2.70. The van der Waals surface area contributed by atoms with E-state index in [0.717, 1.165) is 0 Å². The third kappa shape index (κ3) is 3.63. The first-order valence-corrected chi connectivity index (χ1v) is 6.87. The summed E-state index contributed by atoms with van der Waals surface area (Å²) in [5, 5.41) is 6.75. The van der Waals surface area contributed by atoms with Crippen LogP contribution in [0.3, 0.4) is 0 Å². The molecule has 0 unspecified atom stereocenters. The van der Waals surface area contributed by atoms with Gasteiger partial charge in [-0.05, 0) is 34.6 Å². The fourth-order valence-corrected chi connectivity index (χ4v) is 2.62. The highest BCUT2D eigenvalue weighted by atomic mass is 32.2. The number of aromatic amines is 1. The van der Waals surface area contributed by atoms with Gasteiger partial charge in [-0.3, -0.25) is 4.79 Å². The van der Waals surface area contributed by atoms with Crippen molar-refractivity contribution in [1.29, 1.82) is 0 Å². The monoisotopic (exact) mass is 271 g/mol. The van der Waals surface area contributed by atoms with Crippen LogP contribution < -0.4 is 5.73 Å². The van der Waals surface area contributed by atoms with Gasteiger partial charge >= 0.3 is 0 Å². The molecule has 1 heterocycles. The molecule has 0 aliphatic carbocycles. The third-order valence-electron chi connectivity index (χ3n) is 2.48. The molecule has 0 bridgehead atoms. The maximum atomic E-state index is 12.3. The summed E-state index contributed by atoms with van der Waals surface area (Å²) in [4.78, 5) is 18.2. The molecule has 1 rings (SSSR count). The molecule has 0 radical (unpaired) electrons. The van der Waals surface area contributed by atoms with Crippen molar-refractivity contribution in [3.63, 3.8) is 0 Å². The number of nitrogens with zero attached hydrogens (tertiary/aromatic N) is 3. The van der Waals surface area contributed by atoms with E-state index in [9.17, 15) is 4.79 Å². The van der Waals surface area contributed by atoms with Gasteiger partial charge in [0.25, 0.3) is 0 Å². The summed E-state index contributed by atoms with van der Waals surface area (Å²) in [5.74, 6) is 0.357. The van der Waals surface area contributed by atoms with Crippen LogP contribution in [-0.2, 0) is 4.79 Å². The van der Waals surface area contributed by atoms with Gasteiger partial charge in [-0.2, -0.15) is 4.98 Å². The van der Waals surface area contributed by atoms with Crippen molar-refractivity contribution < 1.29 is 4.79 Å². The quantitative estimate of drug-likeness (QED) is 0.793. The highest BCUT2D eigenvalue weighted by Gasteiger charge is 2.26. The lowest BCUT2D eigenvalue weighted by Gasteiger charge is -2.32. The van der Waals surface area contributed by atoms with Crippen LogP contribution in [0.25, 0.3) is 0 Å². The second-order valence-corrected chi connectivity index (χ2v) is 6.00. The fourth-order valence-electron chi connectivity index (χ4n) is 1.83. The van der Waals surface area contributed by atoms with Crippen LogP contribution in [0.4, 0.5) is 5.95 Å². The number of carbonyl (C=O) groups is 1. The molecule has 1 amide bonds. The normalized spacial score (nSPS) is 13.1. The average Bonchev–Trinajstić information content (AvgIpc) is 2.62. The minimum atomic E-state index is -0.231. The lowest BCUT2D eigenvalue weighted by Crippen LogP contribution is -2.45. The number of hydrogen-bond donors (Lipinski definition) is 2. The van der Waals surface area contributed by atoms with E-state index in [1.54, 1.807) is 0 Å². The van der Waals surface area contributed by atoms with Crippen LogP contribution in [0.5, 0.6) is 0 Å². The molecular weight excluding hydrogens is 250 g/mol. The first-order valence-electron chi connectivity index (χ1n) is 5.99. The van der Waals surface area contributed by atoms with E-state index in [2.05, 4.69) is 15.2 Å². The lowest BCUT2D eigenvalue weighted by molar-refractivity contribution is -0.133. The lowest BCUT2D eigenvalue weighted by atomic mass is 10.2. The van der Waals surface area contributed by atoms with E-state index in [1.807, 2.05) is 39.5 Å². The van der Waals surface area contributed by atoms with Gasteiger partial charge < -0.3 is 10.6 Å². The largest absolute Gasteiger partial charge is 0.368 e. The molecule has 7 heteroatoms. The SMILES string of the molecule is CC(C)N(C(=O)[C@@H](C)Sc1n[nH]c(N)n1)C(C)C. The first kappa shape index (κ1) is 14.8. The molecule has 0 saturated carbocycles. The maximum absolute atomic E-state index is 12.3. The zero-order chi connectivity index (χ0) is 13.9. The molecule has 6 nitrogen and oxygen atoms in total. The number of nitrogens with two attached hydrogens (primary N) is 1. The fraction of sp³-hybridized carbons (Fsp3) is 0.727. The number of nitrogen functional groups attached to an aromatic ring is 1. The number of aromatic nitrogens is 3. The van der Waals surface area contributed by atoms with Crippen LogP contribution in [0, 0.1) is 0 Å². The van der Waals surface area contributed by atoms with E-state index in [4.69, 9.17) is 5.73 Å². The van der Waals surface area contributed by atoms with Gasteiger partial charge in [-0.15, -0.1) is 5.10 Å². The number of hydrogen-bond acceptors (Lipinski definition) is 5. The summed E-state index contributed by atoms with van der Waals surface area (Å²) in [6, 6.07) is 0.357. The predicted molar refractivity (Wildman–Crippen MR) is 73.2 cm³/mol. The minimum Gasteiger partial charge on any atom is -0.368 e. The molecule has 0 fully saturated rings. The average molecular weight is 271 g/mol. The van der Waals surface area contributed by atoms with Crippen molar-refractivity contribution >= 4 is 23.6 Å². The van der Waals surface area contributed by atoms with Crippen molar-refractivity contribution in [3.8, 4) is 0 Å². The Labute approximate surface area is 112 Å². The number of carbonyl (C=O) groups excluding carboxylic acids is 1. The van der Waals surface area contributed by atoms with E-state index in [-0.39, 0.29) is 29.2 Å². The first-order chi connectivity index (χ1) is 8.32. The van der Waals surface area contributed by atoms with Crippen LogP contribution in [-0.4, -0.2) is 43.3 Å². The number of rotatable bonds is 5. The van der Waals surface area contributed by atoms with Gasteiger partial charge in [0.05, 0.1) is 5.25 Å². The highest BCUT2D eigenvalue weighted by molar-refractivity contribution is 8.00. The van der Waals surface area contributed by atoms with Crippen LogP contribution >= 0.6 is 11.8 Å². The molecule has 0 aromatic carbocycles. The van der Waals surface area contributed by atoms with Crippen molar-refractivity contribution in [1.82, 2.24) is 20.1 Å². The van der Waals surface area contributed by atoms with Crippen LogP contribution in [0.1, 0.15) is 34.6 Å². The molecule has 0 saturated heterocycles. The number of H-pyrrole nitrogens is 1. The van der Waals surface area contributed by atoms with Crippen molar-refractivity contribution in [2.45, 2.75) is 57.1 Å². The summed E-state index contributed by atoms with van der Waals surface area (Å²) < 4.78 is 0. The van der Waals surface area contributed by atoms with Crippen LogP contribution in [0.2, 0.25) is 0 Å². The highest BCUT2D eigenvalue weighted by Crippen LogP contribution is 2.22. The second-order valence-electron chi connectivity index (χ2n) is 4.70. The van der Waals surface area contributed by atoms with Gasteiger partial charge in [0, 0.05) is 12.1 Å². The maximum Gasteiger partial charge on any atom is 0.236 e. The number of nitrogens with one attached hydrogen (secondary N) is 1. The molecular formula is C11H21N5OS. The van der Waals surface area contributed by atoms with Crippen molar-refractivity contribution in [3.05, 3.63) is 0 Å². The Morgan fingerprint density at radius 1 is 1.28 bits per heavy atom. The van der Waals surface area contributed by atoms with Gasteiger partial charge in [0.2, 0.25) is 17.0 Å². The molecule has 0 aliphatic heterocycles. The molecule has 1 aromatic rings. The molecule has 0 aliphatic rings. The topological polar surface area (TPSA) is 87.9 Å². The molecule has 102 valence electrons.